The van der Waals surface area contributed by atoms with Crippen molar-refractivity contribution >= 4 is 16.9 Å². The van der Waals surface area contributed by atoms with E-state index in [0.29, 0.717) is 6.07 Å². The molecule has 1 aromatic carbocycles. The molecule has 0 fully saturated rings. The molecule has 90 valence electrons. The Kier molecular flexibility index (Phi) is 2.81. The van der Waals surface area contributed by atoms with Crippen molar-refractivity contribution in [1.82, 2.24) is 0 Å². The molecular weight excluding hydrogens is 234 g/mol. The molecule has 0 aliphatic rings. The van der Waals surface area contributed by atoms with Crippen LogP contribution in [0.15, 0.2) is 22.8 Å². The van der Waals surface area contributed by atoms with Gasteiger partial charge < -0.3 is 14.3 Å². The Morgan fingerprint density at radius 3 is 2.82 bits per heavy atom. The van der Waals surface area contributed by atoms with Gasteiger partial charge in [0.2, 0.25) is 0 Å². The van der Waals surface area contributed by atoms with Gasteiger partial charge in [-0.3, -0.25) is 0 Å². The second kappa shape index (κ2) is 4.14. The molecule has 2 aromatic rings. The van der Waals surface area contributed by atoms with E-state index in [0.717, 1.165) is 13.4 Å². The van der Waals surface area contributed by atoms with Crippen molar-refractivity contribution in [3.8, 4) is 0 Å². The largest absolute Gasteiger partial charge is 0.467 e. The smallest absolute Gasteiger partial charge is 0.339 e. The summed E-state index contributed by atoms with van der Waals surface area (Å²) in [4.78, 5) is 11.1. The summed E-state index contributed by atoms with van der Waals surface area (Å²) < 4.78 is 36.0. The molecule has 0 aliphatic heterocycles. The molecule has 1 heterocycles. The van der Waals surface area contributed by atoms with Crippen molar-refractivity contribution < 1.29 is 27.8 Å². The van der Waals surface area contributed by atoms with Gasteiger partial charge in [0.25, 0.3) is 0 Å². The molecule has 6 heteroatoms. The summed E-state index contributed by atoms with van der Waals surface area (Å²) in [6, 6.07) is 1.86. The van der Waals surface area contributed by atoms with Crippen LogP contribution in [0.1, 0.15) is 11.7 Å². The average molecular weight is 242 g/mol. The van der Waals surface area contributed by atoms with Gasteiger partial charge in [0.1, 0.15) is 17.2 Å². The minimum absolute atomic E-state index is 0.00986. The van der Waals surface area contributed by atoms with E-state index < -0.39 is 29.3 Å². The average Bonchev–Trinajstić information content (AvgIpc) is 2.76. The fraction of sp³-hybridized carbons (Fsp3) is 0.182. The number of hydrogen-bond acceptors (Lipinski definition) is 4. The lowest BCUT2D eigenvalue weighted by Crippen LogP contribution is -2.15. The van der Waals surface area contributed by atoms with Crippen LogP contribution in [0.2, 0.25) is 0 Å². The van der Waals surface area contributed by atoms with Gasteiger partial charge >= 0.3 is 5.97 Å². The Hall–Kier alpha value is -1.95. The van der Waals surface area contributed by atoms with Crippen molar-refractivity contribution in [2.45, 2.75) is 6.10 Å². The molecule has 1 aromatic heterocycles. The lowest BCUT2D eigenvalue weighted by molar-refractivity contribution is -0.150. The number of aliphatic hydroxyl groups is 1. The first kappa shape index (κ1) is 11.5. The monoisotopic (exact) mass is 242 g/mol. The summed E-state index contributed by atoms with van der Waals surface area (Å²) in [6.07, 6.45) is -0.713. The van der Waals surface area contributed by atoms with Crippen molar-refractivity contribution in [3.05, 3.63) is 35.6 Å². The summed E-state index contributed by atoms with van der Waals surface area (Å²) in [5.41, 5.74) is -0.640. The number of rotatable bonds is 2. The fourth-order valence-electron chi connectivity index (χ4n) is 1.57. The number of methoxy groups -OCH3 is 1. The van der Waals surface area contributed by atoms with E-state index in [1.807, 2.05) is 0 Å². The summed E-state index contributed by atoms with van der Waals surface area (Å²) >= 11 is 0. The molecular formula is C11H8F2O4. The second-order valence-electron chi connectivity index (χ2n) is 3.34. The zero-order chi connectivity index (χ0) is 12.6. The van der Waals surface area contributed by atoms with Gasteiger partial charge in [-0.05, 0) is 6.07 Å². The number of halogens is 2. The maximum atomic E-state index is 13.5. The molecule has 0 saturated carbocycles. The van der Waals surface area contributed by atoms with Crippen LogP contribution in [0.3, 0.4) is 0 Å². The zero-order valence-corrected chi connectivity index (χ0v) is 8.74. The topological polar surface area (TPSA) is 59.7 Å². The fourth-order valence-corrected chi connectivity index (χ4v) is 1.57. The molecule has 4 nitrogen and oxygen atoms in total. The molecule has 0 amide bonds. The van der Waals surface area contributed by atoms with Crippen molar-refractivity contribution in [2.24, 2.45) is 0 Å². The van der Waals surface area contributed by atoms with Gasteiger partial charge in [0.15, 0.2) is 6.10 Å². The van der Waals surface area contributed by atoms with E-state index in [1.165, 1.54) is 6.07 Å². The summed E-state index contributed by atoms with van der Waals surface area (Å²) in [5, 5.41) is 9.57. The number of ether oxygens (including phenoxy) is 1. The molecule has 1 N–H and O–H groups in total. The van der Waals surface area contributed by atoms with E-state index in [-0.39, 0.29) is 11.0 Å². The third kappa shape index (κ3) is 1.76. The van der Waals surface area contributed by atoms with Gasteiger partial charge in [-0.2, -0.15) is 0 Å². The molecule has 0 bridgehead atoms. The van der Waals surface area contributed by atoms with Gasteiger partial charge in [-0.25, -0.2) is 13.6 Å². The van der Waals surface area contributed by atoms with Gasteiger partial charge in [0, 0.05) is 6.07 Å². The van der Waals surface area contributed by atoms with E-state index in [4.69, 9.17) is 4.42 Å². The minimum Gasteiger partial charge on any atom is -0.467 e. The highest BCUT2D eigenvalue weighted by Gasteiger charge is 2.27. The van der Waals surface area contributed by atoms with Gasteiger partial charge in [0.05, 0.1) is 24.3 Å². The maximum Gasteiger partial charge on any atom is 0.339 e. The molecule has 0 spiro atoms. The van der Waals surface area contributed by atoms with Crippen LogP contribution in [0.25, 0.3) is 11.0 Å². The molecule has 2 rings (SSSR count). The predicted molar refractivity (Wildman–Crippen MR) is 53.1 cm³/mol. The number of benzene rings is 1. The Morgan fingerprint density at radius 2 is 2.18 bits per heavy atom. The van der Waals surface area contributed by atoms with Crippen LogP contribution in [-0.2, 0) is 9.53 Å². The quantitative estimate of drug-likeness (QED) is 0.817. The lowest BCUT2D eigenvalue weighted by atomic mass is 10.1. The number of carbonyl (C=O) groups is 1. The SMILES string of the molecule is COC(=O)C(O)c1c(F)cc(F)c2ccoc12. The van der Waals surface area contributed by atoms with Gasteiger partial charge in [-0.1, -0.05) is 0 Å². The molecule has 1 unspecified atom stereocenters. The number of esters is 1. The minimum atomic E-state index is -1.85. The first-order valence-electron chi connectivity index (χ1n) is 4.67. The second-order valence-corrected chi connectivity index (χ2v) is 3.34. The van der Waals surface area contributed by atoms with Crippen molar-refractivity contribution in [3.63, 3.8) is 0 Å². The van der Waals surface area contributed by atoms with E-state index >= 15 is 0 Å². The number of aliphatic hydroxyl groups excluding tert-OH is 1. The number of carbonyl (C=O) groups excluding carboxylic acids is 1. The van der Waals surface area contributed by atoms with Gasteiger partial charge in [-0.15, -0.1) is 0 Å². The molecule has 0 saturated heterocycles. The lowest BCUT2D eigenvalue weighted by Gasteiger charge is -2.10. The third-order valence-corrected chi connectivity index (χ3v) is 2.38. The molecule has 17 heavy (non-hydrogen) atoms. The number of fused-ring (bicyclic) bond motifs is 1. The Labute approximate surface area is 94.4 Å². The highest BCUT2D eigenvalue weighted by Crippen LogP contribution is 2.30. The van der Waals surface area contributed by atoms with Crippen LogP contribution in [0.4, 0.5) is 8.78 Å². The third-order valence-electron chi connectivity index (χ3n) is 2.38. The van der Waals surface area contributed by atoms with Crippen LogP contribution in [0, 0.1) is 11.6 Å². The first-order valence-corrected chi connectivity index (χ1v) is 4.67. The Bertz CT molecular complexity index is 576. The number of furan rings is 1. The first-order chi connectivity index (χ1) is 8.06. The molecule has 0 radical (unpaired) electrons. The molecule has 1 atom stereocenters. The van der Waals surface area contributed by atoms with Crippen LogP contribution in [0.5, 0.6) is 0 Å². The van der Waals surface area contributed by atoms with E-state index in [9.17, 15) is 18.7 Å². The summed E-state index contributed by atoms with van der Waals surface area (Å²) in [7, 11) is 1.05. The number of hydrogen-bond donors (Lipinski definition) is 1. The molecule has 0 aliphatic carbocycles. The predicted octanol–water partition coefficient (Wildman–Crippen LogP) is 1.92. The zero-order valence-electron chi connectivity index (χ0n) is 8.74. The maximum absolute atomic E-state index is 13.5. The Morgan fingerprint density at radius 1 is 1.47 bits per heavy atom. The van der Waals surface area contributed by atoms with E-state index in [1.54, 1.807) is 0 Å². The normalized spacial score (nSPS) is 12.7. The Balaban J connectivity index is 2.68. The summed E-state index contributed by atoms with van der Waals surface area (Å²) in [5.74, 6) is -2.94. The van der Waals surface area contributed by atoms with Crippen LogP contribution in [-0.4, -0.2) is 18.2 Å². The summed E-state index contributed by atoms with van der Waals surface area (Å²) in [6.45, 7) is 0. The van der Waals surface area contributed by atoms with Crippen molar-refractivity contribution in [2.75, 3.05) is 7.11 Å². The highest BCUT2D eigenvalue weighted by molar-refractivity contribution is 5.87. The van der Waals surface area contributed by atoms with Crippen LogP contribution < -0.4 is 0 Å². The van der Waals surface area contributed by atoms with E-state index in [2.05, 4.69) is 4.74 Å². The van der Waals surface area contributed by atoms with Crippen LogP contribution >= 0.6 is 0 Å². The van der Waals surface area contributed by atoms with Crippen molar-refractivity contribution in [1.29, 1.82) is 0 Å². The highest BCUT2D eigenvalue weighted by atomic mass is 19.1. The standard InChI is InChI=1S/C11H8F2O4/c1-16-11(15)9(14)8-7(13)4-6(12)5-2-3-17-10(5)8/h2-4,9,14H,1H3.